The minimum atomic E-state index is 0.00633. The second kappa shape index (κ2) is 5.17. The van der Waals surface area contributed by atoms with Crippen LogP contribution in [0.25, 0.3) is 10.2 Å². The number of fused-ring (bicyclic) bond motifs is 1. The van der Waals surface area contributed by atoms with Gasteiger partial charge >= 0.3 is 0 Å². The Morgan fingerprint density at radius 2 is 2.22 bits per heavy atom. The SMILES string of the molecule is COc1ccc2sc(NC=C(C#N)C#N)nc2c1. The van der Waals surface area contributed by atoms with Gasteiger partial charge in [-0.15, -0.1) is 0 Å². The predicted molar refractivity (Wildman–Crippen MR) is 69.1 cm³/mol. The molecule has 0 fully saturated rings. The number of hydrogen-bond acceptors (Lipinski definition) is 6. The van der Waals surface area contributed by atoms with Crippen LogP contribution in [-0.4, -0.2) is 12.1 Å². The maximum atomic E-state index is 8.60. The molecular formula is C12H8N4OS. The molecule has 0 aliphatic carbocycles. The molecule has 0 atom stereocenters. The Bertz CT molecular complexity index is 674. The fourth-order valence-electron chi connectivity index (χ4n) is 1.32. The van der Waals surface area contributed by atoms with E-state index in [9.17, 15) is 0 Å². The van der Waals surface area contributed by atoms with Crippen molar-refractivity contribution in [3.8, 4) is 17.9 Å². The summed E-state index contributed by atoms with van der Waals surface area (Å²) in [6.45, 7) is 0. The second-order valence-corrected chi connectivity index (χ2v) is 4.31. The van der Waals surface area contributed by atoms with E-state index in [1.54, 1.807) is 19.2 Å². The van der Waals surface area contributed by atoms with E-state index in [0.717, 1.165) is 16.0 Å². The first-order valence-corrected chi connectivity index (χ1v) is 5.80. The molecule has 1 heterocycles. The van der Waals surface area contributed by atoms with Gasteiger partial charge in [-0.3, -0.25) is 0 Å². The summed E-state index contributed by atoms with van der Waals surface area (Å²) in [7, 11) is 1.60. The van der Waals surface area contributed by atoms with E-state index < -0.39 is 0 Å². The van der Waals surface area contributed by atoms with Crippen LogP contribution in [0.5, 0.6) is 5.75 Å². The van der Waals surface area contributed by atoms with Crippen molar-refractivity contribution in [1.29, 1.82) is 10.5 Å². The molecule has 1 aromatic heterocycles. The van der Waals surface area contributed by atoms with Crippen LogP contribution in [0.4, 0.5) is 5.13 Å². The molecule has 0 amide bonds. The first kappa shape index (κ1) is 11.9. The molecule has 18 heavy (non-hydrogen) atoms. The van der Waals surface area contributed by atoms with Gasteiger partial charge in [0.1, 0.15) is 23.5 Å². The molecule has 88 valence electrons. The highest BCUT2D eigenvalue weighted by Gasteiger charge is 2.04. The average Bonchev–Trinajstić information content (AvgIpc) is 2.81. The van der Waals surface area contributed by atoms with Crippen LogP contribution in [0, 0.1) is 22.7 Å². The molecule has 2 rings (SSSR count). The molecule has 2 aromatic rings. The minimum Gasteiger partial charge on any atom is -0.497 e. The zero-order valence-electron chi connectivity index (χ0n) is 9.47. The summed E-state index contributed by atoms with van der Waals surface area (Å²) in [5, 5.41) is 20.7. The van der Waals surface area contributed by atoms with Gasteiger partial charge in [0, 0.05) is 12.3 Å². The Balaban J connectivity index is 2.29. The lowest BCUT2D eigenvalue weighted by molar-refractivity contribution is 0.415. The first-order chi connectivity index (χ1) is 8.76. The van der Waals surface area contributed by atoms with Gasteiger partial charge in [-0.25, -0.2) is 4.98 Å². The highest BCUT2D eigenvalue weighted by Crippen LogP contribution is 2.28. The molecule has 5 nitrogen and oxygen atoms in total. The largest absolute Gasteiger partial charge is 0.497 e. The lowest BCUT2D eigenvalue weighted by atomic mass is 10.3. The Kier molecular flexibility index (Phi) is 3.42. The second-order valence-electron chi connectivity index (χ2n) is 3.28. The van der Waals surface area contributed by atoms with Crippen molar-refractivity contribution < 1.29 is 4.74 Å². The summed E-state index contributed by atoms with van der Waals surface area (Å²) < 4.78 is 6.11. The summed E-state index contributed by atoms with van der Waals surface area (Å²) in [6, 6.07) is 9.14. The number of benzene rings is 1. The fourth-order valence-corrected chi connectivity index (χ4v) is 2.13. The number of anilines is 1. The number of allylic oxidation sites excluding steroid dienone is 1. The Morgan fingerprint density at radius 1 is 1.44 bits per heavy atom. The molecule has 0 aliphatic rings. The predicted octanol–water partition coefficient (Wildman–Crippen LogP) is 2.65. The summed E-state index contributed by atoms with van der Waals surface area (Å²) in [6.07, 6.45) is 1.34. The zero-order valence-corrected chi connectivity index (χ0v) is 10.3. The van der Waals surface area contributed by atoms with E-state index in [2.05, 4.69) is 10.3 Å². The Labute approximate surface area is 108 Å². The molecule has 0 aliphatic heterocycles. The third-order valence-corrected chi connectivity index (χ3v) is 3.14. The van der Waals surface area contributed by atoms with Gasteiger partial charge in [-0.2, -0.15) is 10.5 Å². The van der Waals surface area contributed by atoms with Crippen LogP contribution in [0.3, 0.4) is 0 Å². The fraction of sp³-hybridized carbons (Fsp3) is 0.0833. The molecule has 6 heteroatoms. The zero-order chi connectivity index (χ0) is 13.0. The molecule has 0 spiro atoms. The molecule has 0 bridgehead atoms. The molecule has 1 aromatic carbocycles. The highest BCUT2D eigenvalue weighted by atomic mass is 32.1. The van der Waals surface area contributed by atoms with Crippen LogP contribution >= 0.6 is 11.3 Å². The Hall–Kier alpha value is -2.57. The van der Waals surface area contributed by atoms with Crippen molar-refractivity contribution in [3.05, 3.63) is 30.0 Å². The third kappa shape index (κ3) is 2.40. The number of aromatic nitrogens is 1. The highest BCUT2D eigenvalue weighted by molar-refractivity contribution is 7.22. The van der Waals surface area contributed by atoms with E-state index in [0.29, 0.717) is 5.13 Å². The van der Waals surface area contributed by atoms with Crippen molar-refractivity contribution in [2.75, 3.05) is 12.4 Å². The number of methoxy groups -OCH3 is 1. The average molecular weight is 256 g/mol. The summed E-state index contributed by atoms with van der Waals surface area (Å²) in [5.74, 6) is 0.740. The third-order valence-electron chi connectivity index (χ3n) is 2.18. The standard InChI is InChI=1S/C12H8N4OS/c1-17-9-2-3-11-10(4-9)16-12(18-11)15-7-8(5-13)6-14/h2-4,7H,1H3,(H,15,16). The van der Waals surface area contributed by atoms with Gasteiger partial charge in [0.05, 0.1) is 17.3 Å². The topological polar surface area (TPSA) is 81.7 Å². The summed E-state index contributed by atoms with van der Waals surface area (Å²) in [4.78, 5) is 4.33. The van der Waals surface area contributed by atoms with E-state index in [1.165, 1.54) is 17.5 Å². The van der Waals surface area contributed by atoms with Gasteiger partial charge in [0.2, 0.25) is 0 Å². The lowest BCUT2D eigenvalue weighted by Crippen LogP contribution is -1.88. The lowest BCUT2D eigenvalue weighted by Gasteiger charge is -1.96. The van der Waals surface area contributed by atoms with Gasteiger partial charge in [-0.1, -0.05) is 11.3 Å². The van der Waals surface area contributed by atoms with Crippen molar-refractivity contribution in [2.24, 2.45) is 0 Å². The minimum absolute atomic E-state index is 0.00633. The summed E-state index contributed by atoms with van der Waals surface area (Å²) >= 11 is 1.44. The van der Waals surface area contributed by atoms with Crippen molar-refractivity contribution in [1.82, 2.24) is 4.98 Å². The van der Waals surface area contributed by atoms with Crippen molar-refractivity contribution >= 4 is 26.7 Å². The number of hydrogen-bond donors (Lipinski definition) is 1. The van der Waals surface area contributed by atoms with Gasteiger partial charge in [-0.05, 0) is 12.1 Å². The van der Waals surface area contributed by atoms with E-state index in [1.807, 2.05) is 18.2 Å². The van der Waals surface area contributed by atoms with Gasteiger partial charge in [0.25, 0.3) is 0 Å². The van der Waals surface area contributed by atoms with Crippen LogP contribution in [0.15, 0.2) is 30.0 Å². The number of nitrogens with zero attached hydrogens (tertiary/aromatic N) is 3. The van der Waals surface area contributed by atoms with E-state index in [4.69, 9.17) is 15.3 Å². The van der Waals surface area contributed by atoms with Crippen molar-refractivity contribution in [2.45, 2.75) is 0 Å². The van der Waals surface area contributed by atoms with Gasteiger partial charge in [0.15, 0.2) is 5.13 Å². The van der Waals surface area contributed by atoms with Crippen molar-refractivity contribution in [3.63, 3.8) is 0 Å². The maximum Gasteiger partial charge on any atom is 0.187 e. The summed E-state index contributed by atoms with van der Waals surface area (Å²) in [5.41, 5.74) is 0.817. The number of nitrogens with one attached hydrogen (secondary N) is 1. The van der Waals surface area contributed by atoms with E-state index in [-0.39, 0.29) is 5.57 Å². The molecule has 0 radical (unpaired) electrons. The molecule has 0 saturated carbocycles. The molecule has 0 unspecified atom stereocenters. The molecule has 1 N–H and O–H groups in total. The van der Waals surface area contributed by atoms with Crippen LogP contribution < -0.4 is 10.1 Å². The van der Waals surface area contributed by atoms with Gasteiger partial charge < -0.3 is 10.1 Å². The first-order valence-electron chi connectivity index (χ1n) is 4.98. The maximum absolute atomic E-state index is 8.60. The number of nitriles is 2. The van der Waals surface area contributed by atoms with E-state index >= 15 is 0 Å². The van der Waals surface area contributed by atoms with Crippen LogP contribution in [0.2, 0.25) is 0 Å². The molecular weight excluding hydrogens is 248 g/mol. The quantitative estimate of drug-likeness (QED) is 0.854. The number of rotatable bonds is 3. The normalized spacial score (nSPS) is 9.28. The molecule has 0 saturated heterocycles. The number of ether oxygens (including phenoxy) is 1. The number of thiazole rings is 1. The monoisotopic (exact) mass is 256 g/mol. The Morgan fingerprint density at radius 3 is 2.89 bits per heavy atom. The van der Waals surface area contributed by atoms with Crippen LogP contribution in [0.1, 0.15) is 0 Å². The van der Waals surface area contributed by atoms with Crippen LogP contribution in [-0.2, 0) is 0 Å². The smallest absolute Gasteiger partial charge is 0.187 e.